The molecule has 0 aliphatic rings. The summed E-state index contributed by atoms with van der Waals surface area (Å²) in [7, 11) is 5.57. The van der Waals surface area contributed by atoms with Gasteiger partial charge in [0.05, 0.1) is 11.0 Å². The minimum Gasteiger partial charge on any atom is -0.353 e. The molecule has 1 unspecified atom stereocenters. The molecule has 2 aromatic rings. The minimum atomic E-state index is -1.03. The number of halogens is 1. The van der Waals surface area contributed by atoms with Gasteiger partial charge in [-0.3, -0.25) is 24.6 Å². The van der Waals surface area contributed by atoms with E-state index in [0.29, 0.717) is 0 Å². The number of nitro groups is 1. The number of hydrogen-bond acceptors (Lipinski definition) is 5. The van der Waals surface area contributed by atoms with E-state index in [1.54, 1.807) is 0 Å². The standard InChI is InChI=1S/C17H20FN5O4/c1-21(2)15(13-5-4-8-22(13)3)10-19-16(24)17(25)20-11-6-7-12(18)14(9-11)23(26)27/h4-9,15H,10H2,1-3H3,(H,19,24)(H,20,25). The Kier molecular flexibility index (Phi) is 6.24. The number of benzene rings is 1. The molecular formula is C17H20FN5O4. The fraction of sp³-hybridized carbons (Fsp3) is 0.294. The van der Waals surface area contributed by atoms with Crippen molar-refractivity contribution in [3.8, 4) is 0 Å². The molecule has 2 rings (SSSR count). The Morgan fingerprint density at radius 1 is 1.30 bits per heavy atom. The third-order valence-electron chi connectivity index (χ3n) is 4.01. The van der Waals surface area contributed by atoms with Crippen LogP contribution in [0.5, 0.6) is 0 Å². The molecule has 1 aromatic carbocycles. The second kappa shape index (κ2) is 8.41. The Morgan fingerprint density at radius 2 is 2.00 bits per heavy atom. The summed E-state index contributed by atoms with van der Waals surface area (Å²) >= 11 is 0. The number of carbonyl (C=O) groups excluding carboxylic acids is 2. The number of hydrogen-bond donors (Lipinski definition) is 2. The Morgan fingerprint density at radius 3 is 2.56 bits per heavy atom. The summed E-state index contributed by atoms with van der Waals surface area (Å²) in [5, 5.41) is 15.5. The van der Waals surface area contributed by atoms with Gasteiger partial charge in [-0.25, -0.2) is 0 Å². The van der Waals surface area contributed by atoms with Gasteiger partial charge in [0, 0.05) is 37.2 Å². The lowest BCUT2D eigenvalue weighted by Gasteiger charge is -2.25. The highest BCUT2D eigenvalue weighted by atomic mass is 19.1. The fourth-order valence-corrected chi connectivity index (χ4v) is 2.56. The second-order valence-corrected chi connectivity index (χ2v) is 6.11. The molecule has 1 aromatic heterocycles. The van der Waals surface area contributed by atoms with Crippen molar-refractivity contribution in [2.45, 2.75) is 6.04 Å². The molecule has 27 heavy (non-hydrogen) atoms. The maximum absolute atomic E-state index is 13.3. The lowest BCUT2D eigenvalue weighted by Crippen LogP contribution is -2.40. The molecule has 0 saturated carbocycles. The van der Waals surface area contributed by atoms with E-state index in [9.17, 15) is 24.1 Å². The Balaban J connectivity index is 2.01. The van der Waals surface area contributed by atoms with Gasteiger partial charge in [-0.15, -0.1) is 0 Å². The molecule has 0 aliphatic heterocycles. The van der Waals surface area contributed by atoms with E-state index < -0.39 is 28.2 Å². The monoisotopic (exact) mass is 377 g/mol. The summed E-state index contributed by atoms with van der Waals surface area (Å²) in [4.78, 5) is 35.8. The van der Waals surface area contributed by atoms with Crippen molar-refractivity contribution in [2.75, 3.05) is 26.0 Å². The molecule has 144 valence electrons. The number of amides is 2. The molecule has 1 heterocycles. The van der Waals surface area contributed by atoms with Gasteiger partial charge < -0.3 is 15.2 Å². The number of likely N-dealkylation sites (N-methyl/N-ethyl adjacent to an activating group) is 1. The van der Waals surface area contributed by atoms with Crippen molar-refractivity contribution in [3.05, 3.63) is 58.2 Å². The van der Waals surface area contributed by atoms with Gasteiger partial charge in [-0.2, -0.15) is 4.39 Å². The molecule has 2 N–H and O–H groups in total. The zero-order valence-corrected chi connectivity index (χ0v) is 15.1. The average Bonchev–Trinajstić information content (AvgIpc) is 3.01. The third-order valence-corrected chi connectivity index (χ3v) is 4.01. The highest BCUT2D eigenvalue weighted by molar-refractivity contribution is 6.39. The first-order valence-electron chi connectivity index (χ1n) is 8.01. The van der Waals surface area contributed by atoms with E-state index in [0.717, 1.165) is 23.9 Å². The van der Waals surface area contributed by atoms with Crippen molar-refractivity contribution < 1.29 is 18.9 Å². The van der Waals surface area contributed by atoms with E-state index in [-0.39, 0.29) is 18.3 Å². The van der Waals surface area contributed by atoms with Crippen LogP contribution in [0.15, 0.2) is 36.5 Å². The van der Waals surface area contributed by atoms with Gasteiger partial charge in [0.15, 0.2) is 0 Å². The van der Waals surface area contributed by atoms with Crippen LogP contribution in [0.1, 0.15) is 11.7 Å². The molecule has 0 saturated heterocycles. The maximum Gasteiger partial charge on any atom is 0.313 e. The van der Waals surface area contributed by atoms with Crippen LogP contribution >= 0.6 is 0 Å². The minimum absolute atomic E-state index is 0.0464. The van der Waals surface area contributed by atoms with E-state index in [1.165, 1.54) is 0 Å². The highest BCUT2D eigenvalue weighted by Crippen LogP contribution is 2.21. The number of carbonyl (C=O) groups is 2. The highest BCUT2D eigenvalue weighted by Gasteiger charge is 2.21. The maximum atomic E-state index is 13.3. The lowest BCUT2D eigenvalue weighted by atomic mass is 10.2. The molecular weight excluding hydrogens is 357 g/mol. The van der Waals surface area contributed by atoms with E-state index >= 15 is 0 Å². The Bertz CT molecular complexity index is 865. The van der Waals surface area contributed by atoms with Gasteiger partial charge in [0.1, 0.15) is 0 Å². The second-order valence-electron chi connectivity index (χ2n) is 6.11. The van der Waals surface area contributed by atoms with Crippen molar-refractivity contribution >= 4 is 23.2 Å². The summed E-state index contributed by atoms with van der Waals surface area (Å²) in [6.45, 7) is 0.181. The first kappa shape index (κ1) is 20.0. The SMILES string of the molecule is CN(C)C(CNC(=O)C(=O)Nc1ccc(F)c([N+](=O)[O-])c1)c1cccn1C. The van der Waals surface area contributed by atoms with E-state index in [2.05, 4.69) is 10.6 Å². The third kappa shape index (κ3) is 4.88. The largest absolute Gasteiger partial charge is 0.353 e. The Hall–Kier alpha value is -3.27. The van der Waals surface area contributed by atoms with Crippen LogP contribution in [-0.4, -0.2) is 46.8 Å². The molecule has 10 heteroatoms. The molecule has 2 amide bonds. The number of aryl methyl sites for hydroxylation is 1. The van der Waals surface area contributed by atoms with Crippen LogP contribution in [-0.2, 0) is 16.6 Å². The van der Waals surface area contributed by atoms with Crippen molar-refractivity contribution in [3.63, 3.8) is 0 Å². The molecule has 0 radical (unpaired) electrons. The summed E-state index contributed by atoms with van der Waals surface area (Å²) in [5.41, 5.74) is 0.120. The van der Waals surface area contributed by atoms with Crippen LogP contribution in [0.25, 0.3) is 0 Å². The smallest absolute Gasteiger partial charge is 0.313 e. The molecule has 0 fully saturated rings. The number of nitrogens with zero attached hydrogens (tertiary/aromatic N) is 3. The summed E-state index contributed by atoms with van der Waals surface area (Å²) in [6.07, 6.45) is 1.88. The summed E-state index contributed by atoms with van der Waals surface area (Å²) in [5.74, 6) is -2.93. The quantitative estimate of drug-likeness (QED) is 0.450. The van der Waals surface area contributed by atoms with Crippen LogP contribution in [0.3, 0.4) is 0 Å². The van der Waals surface area contributed by atoms with Crippen molar-refractivity contribution in [1.82, 2.24) is 14.8 Å². The first-order chi connectivity index (χ1) is 12.7. The fourth-order valence-electron chi connectivity index (χ4n) is 2.56. The molecule has 0 bridgehead atoms. The predicted octanol–water partition coefficient (Wildman–Crippen LogP) is 1.43. The van der Waals surface area contributed by atoms with Crippen LogP contribution in [0.4, 0.5) is 15.8 Å². The topological polar surface area (TPSA) is 110 Å². The van der Waals surface area contributed by atoms with Crippen LogP contribution in [0.2, 0.25) is 0 Å². The Labute approximate surface area is 154 Å². The van der Waals surface area contributed by atoms with Gasteiger partial charge in [0.25, 0.3) is 0 Å². The van der Waals surface area contributed by atoms with E-state index in [4.69, 9.17) is 0 Å². The molecule has 1 atom stereocenters. The summed E-state index contributed by atoms with van der Waals surface area (Å²) in [6, 6.07) is 6.47. The number of rotatable bonds is 6. The van der Waals surface area contributed by atoms with Gasteiger partial charge >= 0.3 is 17.5 Å². The average molecular weight is 377 g/mol. The lowest BCUT2D eigenvalue weighted by molar-refractivity contribution is -0.387. The first-order valence-corrected chi connectivity index (χ1v) is 8.01. The van der Waals surface area contributed by atoms with Crippen molar-refractivity contribution in [2.24, 2.45) is 7.05 Å². The normalized spacial score (nSPS) is 11.9. The van der Waals surface area contributed by atoms with Crippen LogP contribution < -0.4 is 10.6 Å². The molecule has 0 spiro atoms. The van der Waals surface area contributed by atoms with Gasteiger partial charge in [0.2, 0.25) is 5.82 Å². The number of aromatic nitrogens is 1. The van der Waals surface area contributed by atoms with Gasteiger partial charge in [-0.1, -0.05) is 0 Å². The van der Waals surface area contributed by atoms with E-state index in [1.807, 2.05) is 48.9 Å². The van der Waals surface area contributed by atoms with Crippen LogP contribution in [0, 0.1) is 15.9 Å². The molecule has 0 aliphatic carbocycles. The predicted molar refractivity (Wildman–Crippen MR) is 96.5 cm³/mol. The molecule has 9 nitrogen and oxygen atoms in total. The zero-order valence-electron chi connectivity index (χ0n) is 15.1. The number of nitro benzene ring substituents is 1. The number of anilines is 1. The number of nitrogens with one attached hydrogen (secondary N) is 2. The van der Waals surface area contributed by atoms with Gasteiger partial charge in [-0.05, 0) is 38.4 Å². The zero-order chi connectivity index (χ0) is 20.1. The van der Waals surface area contributed by atoms with Crippen molar-refractivity contribution in [1.29, 1.82) is 0 Å². The summed E-state index contributed by atoms with van der Waals surface area (Å²) < 4.78 is 15.2.